The lowest BCUT2D eigenvalue weighted by atomic mass is 10.1. The first-order valence-electron chi connectivity index (χ1n) is 2.25. The van der Waals surface area contributed by atoms with Gasteiger partial charge in [-0.05, 0) is 20.8 Å². The first-order chi connectivity index (χ1) is 2.56. The molecule has 0 heterocycles. The molecule has 0 saturated carbocycles. The topological polar surface area (TPSA) is 12.0 Å². The summed E-state index contributed by atoms with van der Waals surface area (Å²) in [6, 6.07) is 0. The van der Waals surface area contributed by atoms with Gasteiger partial charge in [0.25, 0.3) is 0 Å². The fraction of sp³-hybridized carbons (Fsp3) is 1.00. The lowest BCUT2D eigenvalue weighted by molar-refractivity contribution is 0.528. The monoisotopic (exact) mass is 105 g/mol. The second kappa shape index (κ2) is 1.75. The minimum atomic E-state index is 0. The molecule has 0 bridgehead atoms. The molecule has 0 amide bonds. The third-order valence-corrected chi connectivity index (χ3v) is 2.25. The van der Waals surface area contributed by atoms with Crippen molar-refractivity contribution in [2.24, 2.45) is 0 Å². The van der Waals surface area contributed by atoms with E-state index in [9.17, 15) is 0 Å². The van der Waals surface area contributed by atoms with Crippen molar-refractivity contribution in [2.45, 2.75) is 26.3 Å². The zero-order chi connectivity index (χ0) is 5.21. The smallest absolute Gasteiger partial charge is 0.0755 e. The highest BCUT2D eigenvalue weighted by Crippen LogP contribution is 1.93. The van der Waals surface area contributed by atoms with Crippen molar-refractivity contribution >= 4 is 10.4 Å². The highest BCUT2D eigenvalue weighted by molar-refractivity contribution is 6.04. The van der Waals surface area contributed by atoms with E-state index in [-0.39, 0.29) is 1.43 Å². The van der Waals surface area contributed by atoms with E-state index in [1.807, 2.05) is 0 Å². The van der Waals surface area contributed by atoms with E-state index in [0.717, 1.165) is 10.4 Å². The van der Waals surface area contributed by atoms with Crippen molar-refractivity contribution < 1.29 is 1.43 Å². The van der Waals surface area contributed by atoms with Crippen LogP contribution in [-0.2, 0) is 0 Å². The van der Waals surface area contributed by atoms with Crippen LogP contribution in [0, 0.1) is 0 Å². The zero-order valence-electron chi connectivity index (χ0n) is 5.00. The van der Waals surface area contributed by atoms with Crippen molar-refractivity contribution in [1.82, 2.24) is 4.98 Å². The Hall–Kier alpha value is 0.177. The van der Waals surface area contributed by atoms with E-state index >= 15 is 0 Å². The van der Waals surface area contributed by atoms with Gasteiger partial charge in [-0.3, -0.25) is 0 Å². The number of hydrogen-bond donors (Lipinski definition) is 1. The van der Waals surface area contributed by atoms with Crippen molar-refractivity contribution in [1.29, 1.82) is 0 Å². The van der Waals surface area contributed by atoms with Crippen LogP contribution in [0.1, 0.15) is 22.2 Å². The summed E-state index contributed by atoms with van der Waals surface area (Å²) in [4.78, 5) is 3.24. The van der Waals surface area contributed by atoms with Crippen molar-refractivity contribution in [3.8, 4) is 0 Å². The molecule has 2 heteroatoms. The Balaban J connectivity index is 0. The molecule has 0 aliphatic heterocycles. The minimum Gasteiger partial charge on any atom is -0.341 e. The first kappa shape index (κ1) is 6.18. The molecule has 0 fully saturated rings. The molecule has 6 heavy (non-hydrogen) atoms. The summed E-state index contributed by atoms with van der Waals surface area (Å²) in [5.74, 6) is 0. The highest BCUT2D eigenvalue weighted by Gasteiger charge is 2.01. The zero-order valence-corrected chi connectivity index (χ0v) is 7.00. The molecule has 0 unspecified atom stereocenters. The van der Waals surface area contributed by atoms with Crippen LogP contribution in [-0.4, -0.2) is 15.9 Å². The Morgan fingerprint density at radius 2 is 1.67 bits per heavy atom. The molecule has 0 aromatic carbocycles. The summed E-state index contributed by atoms with van der Waals surface area (Å²) in [5, 5.41) is 0. The maximum atomic E-state index is 3.24. The van der Waals surface area contributed by atoms with E-state index < -0.39 is 0 Å². The molecule has 0 aliphatic rings. The van der Waals surface area contributed by atoms with Crippen LogP contribution < -0.4 is 4.98 Å². The van der Waals surface area contributed by atoms with Crippen molar-refractivity contribution in [2.75, 3.05) is 0 Å². The molecule has 1 nitrogen and oxygen atoms in total. The molecule has 0 radical (unpaired) electrons. The van der Waals surface area contributed by atoms with Crippen LogP contribution in [0.2, 0.25) is 0 Å². The van der Waals surface area contributed by atoms with Crippen LogP contribution in [0.3, 0.4) is 0 Å². The van der Waals surface area contributed by atoms with E-state index in [1.165, 1.54) is 0 Å². The second-order valence-electron chi connectivity index (χ2n) is 2.50. The molecule has 0 aromatic rings. The molecular formula is C4H15NSi. The predicted molar refractivity (Wildman–Crippen MR) is 34.9 cm³/mol. The van der Waals surface area contributed by atoms with Gasteiger partial charge in [0, 0.05) is 6.97 Å². The fourth-order valence-corrected chi connectivity index (χ4v) is 0. The molecule has 0 aromatic heterocycles. The van der Waals surface area contributed by atoms with Crippen LogP contribution in [0.5, 0.6) is 0 Å². The van der Waals surface area contributed by atoms with E-state index in [4.69, 9.17) is 0 Å². The molecule has 0 aliphatic carbocycles. The molecule has 0 atom stereocenters. The maximum Gasteiger partial charge on any atom is 0.0755 e. The molecule has 0 spiro atoms. The second-order valence-corrected chi connectivity index (χ2v) is 3.00. The molecule has 0 rings (SSSR count). The van der Waals surface area contributed by atoms with Gasteiger partial charge in [0.1, 0.15) is 0 Å². The van der Waals surface area contributed by atoms with Crippen molar-refractivity contribution in [3.63, 3.8) is 0 Å². The third kappa shape index (κ3) is 4.18. The van der Waals surface area contributed by atoms with Gasteiger partial charge >= 0.3 is 0 Å². The van der Waals surface area contributed by atoms with E-state index in [0.29, 0.717) is 5.54 Å². The lowest BCUT2D eigenvalue weighted by Gasteiger charge is -2.15. The van der Waals surface area contributed by atoms with E-state index in [2.05, 4.69) is 25.8 Å². The molecule has 1 N–H and O–H groups in total. The Bertz CT molecular complexity index is 41.4. The highest BCUT2D eigenvalue weighted by atomic mass is 28.2. The largest absolute Gasteiger partial charge is 0.341 e. The summed E-state index contributed by atoms with van der Waals surface area (Å²) in [7, 11) is 1.10. The van der Waals surface area contributed by atoms with E-state index in [1.54, 1.807) is 0 Å². The average molecular weight is 105 g/mol. The minimum absolute atomic E-state index is 0. The third-order valence-electron chi connectivity index (χ3n) is 0.750. The van der Waals surface area contributed by atoms with Gasteiger partial charge < -0.3 is 4.98 Å². The van der Waals surface area contributed by atoms with Crippen LogP contribution in [0.4, 0.5) is 0 Å². The van der Waals surface area contributed by atoms with Crippen LogP contribution in [0.15, 0.2) is 0 Å². The van der Waals surface area contributed by atoms with Gasteiger partial charge in [0.2, 0.25) is 0 Å². The quantitative estimate of drug-likeness (QED) is 0.424. The van der Waals surface area contributed by atoms with Gasteiger partial charge in [-0.1, -0.05) is 0 Å². The van der Waals surface area contributed by atoms with Crippen LogP contribution in [0.25, 0.3) is 0 Å². The maximum absolute atomic E-state index is 3.24. The lowest BCUT2D eigenvalue weighted by Crippen LogP contribution is -2.33. The molecule has 0 saturated heterocycles. The Morgan fingerprint density at radius 3 is 1.67 bits per heavy atom. The molecule has 40 valence electrons. The first-order valence-corrected chi connectivity index (χ1v) is 3.25. The SMILES string of the molecule is CC(C)(C)N[SiH3].[HH]. The van der Waals surface area contributed by atoms with Crippen molar-refractivity contribution in [3.05, 3.63) is 0 Å². The van der Waals surface area contributed by atoms with Gasteiger partial charge in [-0.15, -0.1) is 0 Å². The van der Waals surface area contributed by atoms with Crippen LogP contribution >= 0.6 is 0 Å². The Morgan fingerprint density at radius 1 is 1.50 bits per heavy atom. The Labute approximate surface area is 44.1 Å². The summed E-state index contributed by atoms with van der Waals surface area (Å²) < 4.78 is 0. The standard InChI is InChI=1S/C4H13NSi.H2/c1-4(2,3)5-6;/h5H,1-3,6H3;1H. The van der Waals surface area contributed by atoms with Gasteiger partial charge in [0.05, 0.1) is 10.4 Å². The molecular weight excluding hydrogens is 90.1 g/mol. The fourth-order valence-electron chi connectivity index (χ4n) is 0. The number of rotatable bonds is 0. The van der Waals surface area contributed by atoms with Gasteiger partial charge in [0.15, 0.2) is 0 Å². The normalized spacial score (nSPS) is 12.5. The summed E-state index contributed by atoms with van der Waals surface area (Å²) in [5.41, 5.74) is 0.353. The van der Waals surface area contributed by atoms with Gasteiger partial charge in [-0.2, -0.15) is 0 Å². The predicted octanol–water partition coefficient (Wildman–Crippen LogP) is -0.0991. The summed E-state index contributed by atoms with van der Waals surface area (Å²) >= 11 is 0. The number of nitrogens with one attached hydrogen (secondary N) is 1. The Kier molecular flexibility index (Phi) is 1.81. The average Bonchev–Trinajstić information content (AvgIpc) is 1.35. The summed E-state index contributed by atoms with van der Waals surface area (Å²) in [6.07, 6.45) is 0. The summed E-state index contributed by atoms with van der Waals surface area (Å²) in [6.45, 7) is 6.50. The van der Waals surface area contributed by atoms with Gasteiger partial charge in [-0.25, -0.2) is 0 Å². The number of hydrogen-bond acceptors (Lipinski definition) is 1.